The molecule has 0 aliphatic carbocycles. The lowest BCUT2D eigenvalue weighted by Crippen LogP contribution is -2.15. The van der Waals surface area contributed by atoms with Crippen LogP contribution in [0.25, 0.3) is 0 Å². The van der Waals surface area contributed by atoms with E-state index in [9.17, 15) is 13.6 Å². The zero-order chi connectivity index (χ0) is 19.9. The van der Waals surface area contributed by atoms with E-state index >= 15 is 0 Å². The summed E-state index contributed by atoms with van der Waals surface area (Å²) in [6, 6.07) is 9.77. The van der Waals surface area contributed by atoms with Crippen LogP contribution in [0.3, 0.4) is 0 Å². The molecule has 0 aliphatic rings. The summed E-state index contributed by atoms with van der Waals surface area (Å²) in [5, 5.41) is 13.5. The second-order valence-electron chi connectivity index (χ2n) is 5.35. The van der Waals surface area contributed by atoms with Crippen molar-refractivity contribution in [1.29, 1.82) is 0 Å². The van der Waals surface area contributed by atoms with E-state index in [1.165, 1.54) is 30.5 Å². The molecule has 3 rings (SSSR count). The number of carbonyl (C=O) groups is 1. The van der Waals surface area contributed by atoms with Crippen LogP contribution in [0, 0.1) is 11.6 Å². The summed E-state index contributed by atoms with van der Waals surface area (Å²) in [7, 11) is 0. The van der Waals surface area contributed by atoms with Crippen LogP contribution >= 0.6 is 23.4 Å². The molecule has 144 valence electrons. The lowest BCUT2D eigenvalue weighted by atomic mass is 10.2. The summed E-state index contributed by atoms with van der Waals surface area (Å²) >= 11 is 6.73. The molecule has 2 aromatic carbocycles. The molecule has 28 heavy (non-hydrogen) atoms. The number of H-pyrrole nitrogens is 1. The molecule has 0 saturated carbocycles. The molecule has 7 nitrogen and oxygen atoms in total. The van der Waals surface area contributed by atoms with E-state index < -0.39 is 11.7 Å². The minimum absolute atomic E-state index is 0.0157. The number of nitrogens with zero attached hydrogens (tertiary/aromatic N) is 3. The molecule has 3 N–H and O–H groups in total. The SMILES string of the molecule is O=C(CSc1n[nH]c(N/N=C\c2ccc(F)cc2)n1)Nc1ccc(Cl)cc1F. The third-order valence-corrected chi connectivity index (χ3v) is 4.34. The van der Waals surface area contributed by atoms with E-state index in [-0.39, 0.29) is 28.2 Å². The molecule has 0 unspecified atom stereocenters. The maximum atomic E-state index is 13.7. The third kappa shape index (κ3) is 5.76. The van der Waals surface area contributed by atoms with Crippen molar-refractivity contribution in [1.82, 2.24) is 15.2 Å². The van der Waals surface area contributed by atoms with Crippen LogP contribution in [0.1, 0.15) is 5.56 Å². The highest BCUT2D eigenvalue weighted by Crippen LogP contribution is 2.20. The first-order valence-corrected chi connectivity index (χ1v) is 9.21. The summed E-state index contributed by atoms with van der Waals surface area (Å²) in [5.74, 6) is -1.11. The Hall–Kier alpha value is -2.98. The predicted molar refractivity (Wildman–Crippen MR) is 105 cm³/mol. The fourth-order valence-electron chi connectivity index (χ4n) is 1.99. The predicted octanol–water partition coefficient (Wildman–Crippen LogP) is 3.91. The fourth-order valence-corrected chi connectivity index (χ4v) is 2.74. The number of aromatic nitrogens is 3. The Morgan fingerprint density at radius 2 is 2.04 bits per heavy atom. The van der Waals surface area contributed by atoms with Crippen LogP contribution in [0.2, 0.25) is 5.02 Å². The van der Waals surface area contributed by atoms with Crippen LogP contribution in [-0.2, 0) is 4.79 Å². The summed E-state index contributed by atoms with van der Waals surface area (Å²) < 4.78 is 26.5. The monoisotopic (exact) mass is 422 g/mol. The van der Waals surface area contributed by atoms with Gasteiger partial charge in [-0.05, 0) is 35.9 Å². The molecule has 1 heterocycles. The van der Waals surface area contributed by atoms with Crippen molar-refractivity contribution in [2.24, 2.45) is 5.10 Å². The van der Waals surface area contributed by atoms with Crippen LogP contribution < -0.4 is 10.7 Å². The van der Waals surface area contributed by atoms with E-state index in [0.29, 0.717) is 10.7 Å². The van der Waals surface area contributed by atoms with Gasteiger partial charge in [0.2, 0.25) is 17.0 Å². The number of hydrazone groups is 1. The van der Waals surface area contributed by atoms with Gasteiger partial charge in [-0.2, -0.15) is 10.1 Å². The summed E-state index contributed by atoms with van der Waals surface area (Å²) in [5.41, 5.74) is 3.39. The Labute approximate surface area is 167 Å². The van der Waals surface area contributed by atoms with Gasteiger partial charge in [-0.25, -0.2) is 19.3 Å². The highest BCUT2D eigenvalue weighted by Gasteiger charge is 2.10. The molecular formula is C17H13ClF2N6OS. The van der Waals surface area contributed by atoms with Gasteiger partial charge >= 0.3 is 0 Å². The molecule has 0 radical (unpaired) electrons. The number of hydrogen-bond acceptors (Lipinski definition) is 6. The summed E-state index contributed by atoms with van der Waals surface area (Å²) in [6.07, 6.45) is 1.49. The quantitative estimate of drug-likeness (QED) is 0.305. The normalized spacial score (nSPS) is 11.0. The van der Waals surface area contributed by atoms with Gasteiger partial charge in [0.1, 0.15) is 11.6 Å². The molecular weight excluding hydrogens is 410 g/mol. The molecule has 1 aromatic heterocycles. The van der Waals surface area contributed by atoms with Gasteiger partial charge in [0.25, 0.3) is 0 Å². The van der Waals surface area contributed by atoms with Crippen molar-refractivity contribution < 1.29 is 13.6 Å². The number of aromatic amines is 1. The first kappa shape index (κ1) is 19.8. The van der Waals surface area contributed by atoms with Gasteiger partial charge in [0.15, 0.2) is 0 Å². The first-order valence-electron chi connectivity index (χ1n) is 7.84. The Morgan fingerprint density at radius 1 is 1.25 bits per heavy atom. The van der Waals surface area contributed by atoms with Gasteiger partial charge < -0.3 is 5.32 Å². The number of nitrogens with one attached hydrogen (secondary N) is 3. The number of carbonyl (C=O) groups excluding carboxylic acids is 1. The summed E-state index contributed by atoms with van der Waals surface area (Å²) in [6.45, 7) is 0. The second kappa shape index (κ2) is 9.29. The van der Waals surface area contributed by atoms with Gasteiger partial charge in [0.05, 0.1) is 17.7 Å². The maximum absolute atomic E-state index is 13.7. The molecule has 0 saturated heterocycles. The van der Waals surface area contributed by atoms with Crippen molar-refractivity contribution in [2.75, 3.05) is 16.5 Å². The lowest BCUT2D eigenvalue weighted by molar-refractivity contribution is -0.113. The van der Waals surface area contributed by atoms with Gasteiger partial charge in [-0.15, -0.1) is 5.10 Å². The Kier molecular flexibility index (Phi) is 6.56. The number of benzene rings is 2. The highest BCUT2D eigenvalue weighted by atomic mass is 35.5. The first-order chi connectivity index (χ1) is 13.5. The standard InChI is InChI=1S/C17H13ClF2N6OS/c18-11-3-6-14(13(20)7-11)22-15(27)9-28-17-23-16(25-26-17)24-21-8-10-1-4-12(19)5-2-10/h1-8H,9H2,(H,22,27)(H2,23,24,25,26)/b21-8-. The molecule has 0 fully saturated rings. The van der Waals surface area contributed by atoms with E-state index in [0.717, 1.165) is 17.8 Å². The zero-order valence-corrected chi connectivity index (χ0v) is 15.7. The van der Waals surface area contributed by atoms with Crippen LogP contribution in [-0.4, -0.2) is 33.1 Å². The maximum Gasteiger partial charge on any atom is 0.240 e. The minimum atomic E-state index is -0.616. The molecule has 1 amide bonds. The molecule has 0 bridgehead atoms. The van der Waals surface area contributed by atoms with Gasteiger partial charge in [-0.3, -0.25) is 4.79 Å². The van der Waals surface area contributed by atoms with Crippen molar-refractivity contribution in [3.8, 4) is 0 Å². The smallest absolute Gasteiger partial charge is 0.240 e. The minimum Gasteiger partial charge on any atom is -0.323 e. The Balaban J connectivity index is 1.47. The number of halogens is 3. The van der Waals surface area contributed by atoms with Crippen molar-refractivity contribution in [3.05, 3.63) is 64.7 Å². The molecule has 3 aromatic rings. The van der Waals surface area contributed by atoms with Crippen LogP contribution in [0.4, 0.5) is 20.4 Å². The highest BCUT2D eigenvalue weighted by molar-refractivity contribution is 7.99. The average molecular weight is 423 g/mol. The number of hydrogen-bond donors (Lipinski definition) is 3. The van der Waals surface area contributed by atoms with E-state index in [4.69, 9.17) is 11.6 Å². The fraction of sp³-hybridized carbons (Fsp3) is 0.0588. The number of amides is 1. The number of anilines is 2. The Morgan fingerprint density at radius 3 is 2.79 bits per heavy atom. The van der Waals surface area contributed by atoms with Crippen molar-refractivity contribution in [3.63, 3.8) is 0 Å². The van der Waals surface area contributed by atoms with E-state index in [1.807, 2.05) is 0 Å². The Bertz CT molecular complexity index is 996. The summed E-state index contributed by atoms with van der Waals surface area (Å²) in [4.78, 5) is 16.0. The third-order valence-electron chi connectivity index (χ3n) is 3.26. The topological polar surface area (TPSA) is 95.1 Å². The van der Waals surface area contributed by atoms with E-state index in [2.05, 4.69) is 31.0 Å². The average Bonchev–Trinajstić information content (AvgIpc) is 3.12. The zero-order valence-electron chi connectivity index (χ0n) is 14.1. The van der Waals surface area contributed by atoms with Gasteiger partial charge in [-0.1, -0.05) is 35.5 Å². The van der Waals surface area contributed by atoms with Crippen LogP contribution in [0.15, 0.2) is 52.7 Å². The van der Waals surface area contributed by atoms with Crippen molar-refractivity contribution >= 4 is 47.1 Å². The lowest BCUT2D eigenvalue weighted by Gasteiger charge is -2.05. The van der Waals surface area contributed by atoms with E-state index in [1.54, 1.807) is 12.1 Å². The number of rotatable bonds is 7. The second-order valence-corrected chi connectivity index (χ2v) is 6.73. The molecule has 0 atom stereocenters. The van der Waals surface area contributed by atoms with Gasteiger partial charge in [0, 0.05) is 5.02 Å². The van der Waals surface area contributed by atoms with Crippen LogP contribution in [0.5, 0.6) is 0 Å². The molecule has 0 spiro atoms. The molecule has 0 aliphatic heterocycles. The molecule has 11 heteroatoms. The largest absolute Gasteiger partial charge is 0.323 e. The van der Waals surface area contributed by atoms with Crippen molar-refractivity contribution in [2.45, 2.75) is 5.16 Å². The number of thioether (sulfide) groups is 1.